The largest absolute Gasteiger partial charge is 2.00 e. The van der Waals surface area contributed by atoms with Crippen molar-refractivity contribution in [3.8, 4) is 0 Å². The molecule has 0 aromatic rings. The molecule has 0 amide bonds. The van der Waals surface area contributed by atoms with Gasteiger partial charge in [-0.25, -0.2) is 0 Å². The third-order valence-corrected chi connectivity index (χ3v) is 1.28. The second-order valence-electron chi connectivity index (χ2n) is 2.38. The van der Waals surface area contributed by atoms with E-state index in [0.29, 0.717) is 0 Å². The van der Waals surface area contributed by atoms with Gasteiger partial charge in [0.1, 0.15) is 0 Å². The fraction of sp³-hybridized carbons (Fsp3) is 0.400. The molecule has 0 N–H and O–H groups in total. The first kappa shape index (κ1) is 22.4. The molecule has 19 heavy (non-hydrogen) atoms. The third kappa shape index (κ3) is 16.2. The summed E-state index contributed by atoms with van der Waals surface area (Å²) in [5, 5.41) is 0. The first-order valence-corrected chi connectivity index (χ1v) is 4.42. The van der Waals surface area contributed by atoms with E-state index in [-0.39, 0.29) is 19.5 Å². The van der Waals surface area contributed by atoms with Crippen molar-refractivity contribution in [1.82, 2.24) is 0 Å². The van der Waals surface area contributed by atoms with Crippen molar-refractivity contribution in [2.45, 2.75) is 0 Å². The van der Waals surface area contributed by atoms with Crippen LogP contribution in [0.25, 0.3) is 0 Å². The van der Waals surface area contributed by atoms with E-state index >= 15 is 0 Å². The molecule has 0 aliphatic rings. The van der Waals surface area contributed by atoms with Gasteiger partial charge in [0.2, 0.25) is 0 Å². The summed E-state index contributed by atoms with van der Waals surface area (Å²) in [7, 11) is 4.73. The monoisotopic (exact) mass is 326 g/mol. The Balaban J connectivity index is -0.000000256. The van der Waals surface area contributed by atoms with E-state index in [2.05, 4.69) is 18.9 Å². The minimum Gasteiger partial charge on any atom is -0.491 e. The van der Waals surface area contributed by atoms with Crippen LogP contribution in [-0.2, 0) is 57.6 Å². The van der Waals surface area contributed by atoms with Crippen LogP contribution in [0.15, 0.2) is 0 Å². The SMILES string of the molecule is COC(=O)[CH-]C(=O)OC.COC(=O)[CH-]C(=O)OC.[Zn+2]. The summed E-state index contributed by atoms with van der Waals surface area (Å²) in [6.45, 7) is 0. The van der Waals surface area contributed by atoms with Crippen LogP contribution in [0.4, 0.5) is 0 Å². The van der Waals surface area contributed by atoms with E-state index in [1.165, 1.54) is 28.4 Å². The van der Waals surface area contributed by atoms with Crippen molar-refractivity contribution >= 4 is 23.9 Å². The van der Waals surface area contributed by atoms with E-state index in [1.807, 2.05) is 0 Å². The summed E-state index contributed by atoms with van der Waals surface area (Å²) < 4.78 is 16.5. The van der Waals surface area contributed by atoms with Crippen molar-refractivity contribution in [1.29, 1.82) is 0 Å². The molecule has 0 saturated heterocycles. The van der Waals surface area contributed by atoms with Crippen LogP contribution in [-0.4, -0.2) is 52.3 Å². The molecule has 0 bridgehead atoms. The summed E-state index contributed by atoms with van der Waals surface area (Å²) >= 11 is 0. The zero-order valence-corrected chi connectivity index (χ0v) is 14.1. The number of hydrogen-bond acceptors (Lipinski definition) is 8. The first-order chi connectivity index (χ1) is 8.40. The zero-order chi connectivity index (χ0) is 14.6. The van der Waals surface area contributed by atoms with Crippen molar-refractivity contribution < 1.29 is 57.6 Å². The molecule has 0 aromatic carbocycles. The van der Waals surface area contributed by atoms with Gasteiger partial charge in [-0.3, -0.25) is 19.2 Å². The third-order valence-electron chi connectivity index (χ3n) is 1.28. The molecular weight excluding hydrogens is 313 g/mol. The summed E-state index contributed by atoms with van der Waals surface area (Å²) in [6.07, 6.45) is 1.44. The van der Waals surface area contributed by atoms with Gasteiger partial charge in [0, 0.05) is 0 Å². The Kier molecular flexibility index (Phi) is 16.9. The molecule has 0 aromatic heterocycles. The van der Waals surface area contributed by atoms with Gasteiger partial charge in [0.25, 0.3) is 0 Å². The van der Waals surface area contributed by atoms with Gasteiger partial charge in [-0.05, 0) is 0 Å². The smallest absolute Gasteiger partial charge is 0.491 e. The number of carbonyl (C=O) groups is 4. The normalized spacial score (nSPS) is 7.37. The van der Waals surface area contributed by atoms with Crippen LogP contribution in [0.1, 0.15) is 0 Å². The molecular formula is C10H14O8Zn. The Morgan fingerprint density at radius 2 is 0.737 bits per heavy atom. The summed E-state index contributed by atoms with van der Waals surface area (Å²) in [4.78, 5) is 40.8. The van der Waals surface area contributed by atoms with Crippen LogP contribution in [0.2, 0.25) is 0 Å². The Morgan fingerprint density at radius 1 is 0.579 bits per heavy atom. The standard InChI is InChI=1S/2C5H7O4.Zn/c2*1-8-4(6)3-5(7)9-2;/h2*3H,1-2H3;/q2*-1;+2. The summed E-state index contributed by atoms with van der Waals surface area (Å²) in [5.74, 6) is -2.83. The van der Waals surface area contributed by atoms with Crippen molar-refractivity contribution in [2.75, 3.05) is 28.4 Å². The van der Waals surface area contributed by atoms with Gasteiger partial charge < -0.3 is 18.9 Å². The van der Waals surface area contributed by atoms with Gasteiger partial charge in [-0.2, -0.15) is 12.8 Å². The van der Waals surface area contributed by atoms with E-state index < -0.39 is 23.9 Å². The van der Waals surface area contributed by atoms with E-state index in [0.717, 1.165) is 12.8 Å². The summed E-state index contributed by atoms with van der Waals surface area (Å²) in [5.41, 5.74) is 0. The Bertz CT molecular complexity index is 244. The van der Waals surface area contributed by atoms with E-state index in [9.17, 15) is 19.2 Å². The molecule has 0 radical (unpaired) electrons. The molecule has 0 fully saturated rings. The Hall–Kier alpha value is -1.76. The predicted octanol–water partition coefficient (Wildman–Crippen LogP) is -0.929. The maximum atomic E-state index is 10.2. The average molecular weight is 328 g/mol. The number of carbonyl (C=O) groups excluding carboxylic acids is 4. The fourth-order valence-corrected chi connectivity index (χ4v) is 0.428. The number of hydrogen-bond donors (Lipinski definition) is 0. The molecule has 0 aliphatic heterocycles. The topological polar surface area (TPSA) is 105 Å². The molecule has 8 nitrogen and oxygen atoms in total. The molecule has 0 aliphatic carbocycles. The molecule has 0 spiro atoms. The van der Waals surface area contributed by atoms with Crippen LogP contribution in [0.5, 0.6) is 0 Å². The van der Waals surface area contributed by atoms with Crippen molar-refractivity contribution in [3.05, 3.63) is 12.8 Å². The van der Waals surface area contributed by atoms with Crippen molar-refractivity contribution in [3.63, 3.8) is 0 Å². The van der Waals surface area contributed by atoms with E-state index in [1.54, 1.807) is 0 Å². The molecule has 0 unspecified atom stereocenters. The minimum absolute atomic E-state index is 0. The Labute approximate surface area is 123 Å². The van der Waals surface area contributed by atoms with Gasteiger partial charge in [-0.1, -0.05) is 0 Å². The van der Waals surface area contributed by atoms with Crippen molar-refractivity contribution in [2.24, 2.45) is 0 Å². The fourth-order valence-electron chi connectivity index (χ4n) is 0.428. The summed E-state index contributed by atoms with van der Waals surface area (Å²) in [6, 6.07) is 0. The number of ether oxygens (including phenoxy) is 4. The molecule has 0 atom stereocenters. The second kappa shape index (κ2) is 14.3. The second-order valence-corrected chi connectivity index (χ2v) is 2.38. The van der Waals surface area contributed by atoms with Crippen LogP contribution >= 0.6 is 0 Å². The minimum atomic E-state index is -0.707. The van der Waals surface area contributed by atoms with Gasteiger partial charge in [0.05, 0.1) is 28.4 Å². The van der Waals surface area contributed by atoms with E-state index in [4.69, 9.17) is 0 Å². The first-order valence-electron chi connectivity index (χ1n) is 4.42. The van der Waals surface area contributed by atoms with Gasteiger partial charge in [0.15, 0.2) is 23.9 Å². The molecule has 104 valence electrons. The quantitative estimate of drug-likeness (QED) is 0.214. The van der Waals surface area contributed by atoms with Crippen LogP contribution in [0.3, 0.4) is 0 Å². The number of methoxy groups -OCH3 is 4. The average Bonchev–Trinajstić information content (AvgIpc) is 2.38. The van der Waals surface area contributed by atoms with Gasteiger partial charge in [-0.15, -0.1) is 0 Å². The maximum Gasteiger partial charge on any atom is 2.00 e. The Morgan fingerprint density at radius 3 is 0.842 bits per heavy atom. The van der Waals surface area contributed by atoms with Crippen LogP contribution < -0.4 is 0 Å². The molecule has 0 heterocycles. The maximum absolute atomic E-state index is 10.2. The molecule has 0 saturated carbocycles. The predicted molar refractivity (Wildman–Crippen MR) is 56.7 cm³/mol. The van der Waals surface area contributed by atoms with Crippen LogP contribution in [0, 0.1) is 12.8 Å². The number of rotatable bonds is 4. The molecule has 0 rings (SSSR count). The molecule has 9 heteroatoms. The zero-order valence-electron chi connectivity index (χ0n) is 11.1. The van der Waals surface area contributed by atoms with Gasteiger partial charge >= 0.3 is 19.5 Å². The number of esters is 4.